The lowest BCUT2D eigenvalue weighted by Gasteiger charge is -2.04. The monoisotopic (exact) mass is 300 g/mol. The van der Waals surface area contributed by atoms with Gasteiger partial charge in [0.25, 0.3) is 0 Å². The van der Waals surface area contributed by atoms with Crippen LogP contribution in [-0.2, 0) is 4.74 Å². The van der Waals surface area contributed by atoms with Crippen LogP contribution in [0.15, 0.2) is 42.5 Å². The summed E-state index contributed by atoms with van der Waals surface area (Å²) in [5, 5.41) is 0.383. The van der Waals surface area contributed by atoms with Crippen molar-refractivity contribution in [2.45, 2.75) is 6.92 Å². The first-order valence-corrected chi connectivity index (χ1v) is 6.99. The van der Waals surface area contributed by atoms with E-state index in [2.05, 4.69) is 9.97 Å². The third kappa shape index (κ3) is 2.50. The Balaban J connectivity index is 2.29. The number of hydrogen-bond acceptors (Lipinski definition) is 3. The van der Waals surface area contributed by atoms with E-state index in [9.17, 15) is 4.79 Å². The molecule has 21 heavy (non-hydrogen) atoms. The molecule has 0 saturated heterocycles. The molecule has 5 heteroatoms. The maximum Gasteiger partial charge on any atom is 0.355 e. The van der Waals surface area contributed by atoms with Gasteiger partial charge >= 0.3 is 5.97 Å². The van der Waals surface area contributed by atoms with Crippen LogP contribution in [0.2, 0.25) is 5.15 Å². The molecule has 0 bridgehead atoms. The molecule has 106 valence electrons. The summed E-state index contributed by atoms with van der Waals surface area (Å²) in [6.07, 6.45) is 0. The van der Waals surface area contributed by atoms with E-state index in [1.165, 1.54) is 0 Å². The number of hydrogen-bond donors (Lipinski definition) is 1. The quantitative estimate of drug-likeness (QED) is 0.586. The number of H-pyrrole nitrogens is 1. The second-order valence-corrected chi connectivity index (χ2v) is 4.88. The van der Waals surface area contributed by atoms with Gasteiger partial charge in [0.2, 0.25) is 0 Å². The highest BCUT2D eigenvalue weighted by Crippen LogP contribution is 2.32. The SMILES string of the molecule is CCOC(=O)c1[nH]c2ccc(Cl)nc2c1-c1ccccc1. The molecule has 0 aliphatic rings. The van der Waals surface area contributed by atoms with E-state index in [-0.39, 0.29) is 0 Å². The maximum absolute atomic E-state index is 12.2. The molecular formula is C16H13ClN2O2. The molecule has 1 N–H and O–H groups in total. The zero-order valence-corrected chi connectivity index (χ0v) is 12.1. The van der Waals surface area contributed by atoms with Crippen LogP contribution in [0.1, 0.15) is 17.4 Å². The molecule has 4 nitrogen and oxygen atoms in total. The number of nitrogens with zero attached hydrogens (tertiary/aromatic N) is 1. The first-order chi connectivity index (χ1) is 10.2. The molecule has 3 aromatic rings. The summed E-state index contributed by atoms with van der Waals surface area (Å²) in [4.78, 5) is 19.6. The number of carbonyl (C=O) groups is 1. The number of esters is 1. The molecule has 0 atom stereocenters. The lowest BCUT2D eigenvalue weighted by Crippen LogP contribution is -2.06. The number of nitrogens with one attached hydrogen (secondary N) is 1. The molecule has 0 aliphatic carbocycles. The molecule has 3 rings (SSSR count). The van der Waals surface area contributed by atoms with Crippen LogP contribution in [0.3, 0.4) is 0 Å². The van der Waals surface area contributed by atoms with Gasteiger partial charge in [0, 0.05) is 5.56 Å². The minimum absolute atomic E-state index is 0.316. The minimum atomic E-state index is -0.398. The molecule has 1 aromatic carbocycles. The normalized spacial score (nSPS) is 10.8. The van der Waals surface area contributed by atoms with Gasteiger partial charge in [0.05, 0.1) is 17.6 Å². The van der Waals surface area contributed by atoms with Gasteiger partial charge in [0.15, 0.2) is 0 Å². The van der Waals surface area contributed by atoms with Gasteiger partial charge in [-0.15, -0.1) is 0 Å². The second kappa shape index (κ2) is 5.58. The minimum Gasteiger partial charge on any atom is -0.461 e. The van der Waals surface area contributed by atoms with Crippen molar-refractivity contribution in [2.75, 3.05) is 6.61 Å². The number of aromatic nitrogens is 2. The predicted molar refractivity (Wildman–Crippen MR) is 82.5 cm³/mol. The fraction of sp³-hybridized carbons (Fsp3) is 0.125. The summed E-state index contributed by atoms with van der Waals surface area (Å²) in [5.74, 6) is -0.398. The zero-order valence-electron chi connectivity index (χ0n) is 11.4. The molecule has 0 amide bonds. The first kappa shape index (κ1) is 13.6. The van der Waals surface area contributed by atoms with Gasteiger partial charge in [0.1, 0.15) is 10.8 Å². The van der Waals surface area contributed by atoms with Gasteiger partial charge in [-0.2, -0.15) is 0 Å². The number of aromatic amines is 1. The van der Waals surface area contributed by atoms with Crippen LogP contribution in [-0.4, -0.2) is 22.5 Å². The van der Waals surface area contributed by atoms with Crippen molar-refractivity contribution < 1.29 is 9.53 Å². The van der Waals surface area contributed by atoms with E-state index in [1.807, 2.05) is 30.3 Å². The Hall–Kier alpha value is -2.33. The van der Waals surface area contributed by atoms with Crippen molar-refractivity contribution in [2.24, 2.45) is 0 Å². The fourth-order valence-electron chi connectivity index (χ4n) is 2.28. The Labute approximate surface area is 126 Å². The van der Waals surface area contributed by atoms with Crippen LogP contribution >= 0.6 is 11.6 Å². The number of fused-ring (bicyclic) bond motifs is 1. The van der Waals surface area contributed by atoms with Crippen LogP contribution < -0.4 is 0 Å². The number of benzene rings is 1. The Morgan fingerprint density at radius 1 is 1.24 bits per heavy atom. The largest absolute Gasteiger partial charge is 0.461 e. The molecule has 0 radical (unpaired) electrons. The predicted octanol–water partition coefficient (Wildman–Crippen LogP) is 4.06. The van der Waals surface area contributed by atoms with Gasteiger partial charge < -0.3 is 9.72 Å². The Kier molecular flexibility index (Phi) is 3.62. The third-order valence-electron chi connectivity index (χ3n) is 3.15. The smallest absolute Gasteiger partial charge is 0.355 e. The number of halogens is 1. The average Bonchev–Trinajstić information content (AvgIpc) is 2.87. The van der Waals surface area contributed by atoms with Crippen molar-refractivity contribution in [3.8, 4) is 11.1 Å². The molecule has 0 spiro atoms. The third-order valence-corrected chi connectivity index (χ3v) is 3.36. The van der Waals surface area contributed by atoms with E-state index in [0.29, 0.717) is 28.5 Å². The van der Waals surface area contributed by atoms with Crippen molar-refractivity contribution in [1.29, 1.82) is 0 Å². The Morgan fingerprint density at radius 2 is 2.00 bits per heavy atom. The topological polar surface area (TPSA) is 55.0 Å². The fourth-order valence-corrected chi connectivity index (χ4v) is 2.43. The molecule has 0 fully saturated rings. The Bertz CT molecular complexity index is 797. The summed E-state index contributed by atoms with van der Waals surface area (Å²) < 4.78 is 5.12. The zero-order chi connectivity index (χ0) is 14.8. The summed E-state index contributed by atoms with van der Waals surface area (Å²) in [5.41, 5.74) is 3.42. The number of pyridine rings is 1. The molecule has 0 saturated carbocycles. The Morgan fingerprint density at radius 3 is 2.71 bits per heavy atom. The van der Waals surface area contributed by atoms with Crippen LogP contribution in [0.5, 0.6) is 0 Å². The van der Waals surface area contributed by atoms with Crippen LogP contribution in [0, 0.1) is 0 Å². The van der Waals surface area contributed by atoms with Crippen molar-refractivity contribution in [3.63, 3.8) is 0 Å². The van der Waals surface area contributed by atoms with E-state index in [0.717, 1.165) is 11.1 Å². The van der Waals surface area contributed by atoms with Crippen molar-refractivity contribution in [1.82, 2.24) is 9.97 Å². The molecule has 2 aromatic heterocycles. The maximum atomic E-state index is 12.2. The second-order valence-electron chi connectivity index (χ2n) is 4.49. The lowest BCUT2D eigenvalue weighted by molar-refractivity contribution is 0.0521. The van der Waals surface area contributed by atoms with Gasteiger partial charge in [-0.05, 0) is 24.6 Å². The molecular weight excluding hydrogens is 288 g/mol. The van der Waals surface area contributed by atoms with Crippen molar-refractivity contribution in [3.05, 3.63) is 53.3 Å². The van der Waals surface area contributed by atoms with E-state index in [4.69, 9.17) is 16.3 Å². The summed E-state index contributed by atoms with van der Waals surface area (Å²) in [6, 6.07) is 13.1. The highest BCUT2D eigenvalue weighted by atomic mass is 35.5. The summed E-state index contributed by atoms with van der Waals surface area (Å²) in [6.45, 7) is 2.09. The number of rotatable bonds is 3. The first-order valence-electron chi connectivity index (χ1n) is 6.61. The molecule has 2 heterocycles. The molecule has 0 aliphatic heterocycles. The highest BCUT2D eigenvalue weighted by Gasteiger charge is 2.21. The van der Waals surface area contributed by atoms with Gasteiger partial charge in [-0.25, -0.2) is 9.78 Å². The average molecular weight is 301 g/mol. The van der Waals surface area contributed by atoms with E-state index in [1.54, 1.807) is 19.1 Å². The number of ether oxygens (including phenoxy) is 1. The number of carbonyl (C=O) groups excluding carboxylic acids is 1. The van der Waals surface area contributed by atoms with Crippen LogP contribution in [0.4, 0.5) is 0 Å². The van der Waals surface area contributed by atoms with Crippen LogP contribution in [0.25, 0.3) is 22.2 Å². The summed E-state index contributed by atoms with van der Waals surface area (Å²) >= 11 is 5.99. The van der Waals surface area contributed by atoms with Crippen molar-refractivity contribution >= 4 is 28.6 Å². The molecule has 0 unspecified atom stereocenters. The highest BCUT2D eigenvalue weighted by molar-refractivity contribution is 6.30. The van der Waals surface area contributed by atoms with Gasteiger partial charge in [-0.3, -0.25) is 0 Å². The van der Waals surface area contributed by atoms with Gasteiger partial charge in [-0.1, -0.05) is 41.9 Å². The standard InChI is InChI=1S/C16H13ClN2O2/c1-2-21-16(20)15-13(10-6-4-3-5-7-10)14-11(18-15)8-9-12(17)19-14/h3-9,18H,2H2,1H3. The van der Waals surface area contributed by atoms with E-state index >= 15 is 0 Å². The lowest BCUT2D eigenvalue weighted by atomic mass is 10.0. The van der Waals surface area contributed by atoms with E-state index < -0.39 is 5.97 Å². The summed E-state index contributed by atoms with van der Waals surface area (Å²) in [7, 11) is 0.